The average molecular weight is 740 g/mol. The lowest BCUT2D eigenvalue weighted by molar-refractivity contribution is -0.163. The summed E-state index contributed by atoms with van der Waals surface area (Å²) in [5.41, 5.74) is 0.956. The number of hydrogen-bond donors (Lipinski definition) is 1. The molecule has 9 heteroatoms. The molecule has 1 rings (SSSR count). The minimum atomic E-state index is -1.13. The van der Waals surface area contributed by atoms with Crippen LogP contribution < -0.4 is 10.1 Å². The molecule has 37 heavy (non-hydrogen) atoms. The Balaban J connectivity index is 3.18. The van der Waals surface area contributed by atoms with E-state index in [2.05, 4.69) is 11.9 Å². The van der Waals surface area contributed by atoms with Crippen molar-refractivity contribution in [3.63, 3.8) is 0 Å². The molecule has 0 aliphatic carbocycles. The van der Waals surface area contributed by atoms with E-state index < -0.39 is 27.7 Å². The third-order valence-electron chi connectivity index (χ3n) is 6.49. The van der Waals surface area contributed by atoms with Crippen molar-refractivity contribution in [1.29, 1.82) is 0 Å². The van der Waals surface area contributed by atoms with Gasteiger partial charge in [0.05, 0.1) is 17.1 Å². The predicted molar refractivity (Wildman–Crippen MR) is 166 cm³/mol. The molecule has 1 N–H and O–H groups in total. The van der Waals surface area contributed by atoms with Crippen molar-refractivity contribution >= 4 is 62.7 Å². The second-order valence-electron chi connectivity index (χ2n) is 10.0. The number of alkyl halides is 2. The summed E-state index contributed by atoms with van der Waals surface area (Å²) in [6, 6.07) is 6.41. The zero-order valence-corrected chi connectivity index (χ0v) is 27.5. The van der Waals surface area contributed by atoms with Gasteiger partial charge in [0, 0.05) is 5.92 Å². The smallest absolute Gasteiger partial charge is 0.324 e. The first-order chi connectivity index (χ1) is 17.2. The summed E-state index contributed by atoms with van der Waals surface area (Å²) in [6.45, 7) is 13.2. The molecule has 0 saturated heterocycles. The molecule has 0 aliphatic rings. The highest BCUT2D eigenvalue weighted by Gasteiger charge is 2.43. The Hall–Kier alpha value is -1.05. The van der Waals surface area contributed by atoms with E-state index in [0.29, 0.717) is 12.8 Å². The molecule has 0 spiro atoms. The Morgan fingerprint density at radius 2 is 1.73 bits per heavy atom. The van der Waals surface area contributed by atoms with E-state index in [1.165, 1.54) is 0 Å². The van der Waals surface area contributed by atoms with Crippen LogP contribution in [0, 0.1) is 11.8 Å². The maximum Gasteiger partial charge on any atom is 0.324 e. The lowest BCUT2D eigenvalue weighted by Gasteiger charge is -2.35. The van der Waals surface area contributed by atoms with E-state index in [1.807, 2.05) is 111 Å². The molecule has 7 nitrogen and oxygen atoms in total. The first kappa shape index (κ1) is 34.0. The molecule has 1 aromatic rings. The standard InChI is InChI=1S/C28H42I2N2O5/c1-10-18(5)25(26(34)28(6,30)31-23(17(3)4)24(33)21(29)11-2)37-27(35)22(32(7)8)16-19-12-14-20(36-9)15-13-19/h11-15,17-18,21-23,25,31H,2,10,16H2,1,3-9H3/t18-,21+,22-,23-,25+,28?/m0/s1. The Labute approximate surface area is 249 Å². The highest BCUT2D eigenvalue weighted by Crippen LogP contribution is 2.27. The van der Waals surface area contributed by atoms with E-state index in [1.54, 1.807) is 25.0 Å². The number of halogens is 2. The highest BCUT2D eigenvalue weighted by molar-refractivity contribution is 14.1. The van der Waals surface area contributed by atoms with Crippen LogP contribution in [0.15, 0.2) is 36.9 Å². The molecule has 0 saturated carbocycles. The molecule has 6 atom stereocenters. The second-order valence-corrected chi connectivity index (χ2v) is 13.5. The van der Waals surface area contributed by atoms with Crippen LogP contribution in [0.3, 0.4) is 0 Å². The number of ether oxygens (including phenoxy) is 2. The summed E-state index contributed by atoms with van der Waals surface area (Å²) < 4.78 is 9.68. The quantitative estimate of drug-likeness (QED) is 0.0839. The van der Waals surface area contributed by atoms with Crippen LogP contribution >= 0.6 is 45.2 Å². The topological polar surface area (TPSA) is 84.9 Å². The molecule has 0 amide bonds. The van der Waals surface area contributed by atoms with Crippen LogP contribution in [0.25, 0.3) is 0 Å². The number of benzene rings is 1. The van der Waals surface area contributed by atoms with E-state index in [-0.39, 0.29) is 27.3 Å². The predicted octanol–water partition coefficient (Wildman–Crippen LogP) is 5.02. The van der Waals surface area contributed by atoms with E-state index in [4.69, 9.17) is 9.47 Å². The normalized spacial score (nSPS) is 17.3. The number of carbonyl (C=O) groups excluding carboxylic acids is 3. The molecule has 0 radical (unpaired) electrons. The number of methoxy groups -OCH3 is 1. The number of ketones is 2. The number of likely N-dealkylation sites (N-methyl/N-ethyl adjacent to an activating group) is 1. The minimum absolute atomic E-state index is 0.0365. The number of esters is 1. The van der Waals surface area contributed by atoms with Gasteiger partial charge in [0.25, 0.3) is 0 Å². The average Bonchev–Trinajstić information content (AvgIpc) is 2.86. The third-order valence-corrected chi connectivity index (χ3v) is 8.45. The van der Waals surface area contributed by atoms with Gasteiger partial charge in [0.1, 0.15) is 15.3 Å². The molecule has 1 aromatic carbocycles. The summed E-state index contributed by atoms with van der Waals surface area (Å²) in [5, 5.41) is 3.26. The zero-order valence-electron chi connectivity index (χ0n) is 23.2. The van der Waals surface area contributed by atoms with Gasteiger partial charge in [0.15, 0.2) is 11.9 Å². The van der Waals surface area contributed by atoms with Gasteiger partial charge in [-0.25, -0.2) is 0 Å². The van der Waals surface area contributed by atoms with Gasteiger partial charge in [0.2, 0.25) is 5.78 Å². The van der Waals surface area contributed by atoms with Crippen LogP contribution in [0.2, 0.25) is 0 Å². The van der Waals surface area contributed by atoms with Gasteiger partial charge in [-0.2, -0.15) is 0 Å². The number of hydrogen-bond acceptors (Lipinski definition) is 7. The molecule has 1 unspecified atom stereocenters. The van der Waals surface area contributed by atoms with Crippen LogP contribution in [0.4, 0.5) is 0 Å². The highest BCUT2D eigenvalue weighted by atomic mass is 127. The molecule has 0 heterocycles. The Morgan fingerprint density at radius 3 is 2.16 bits per heavy atom. The summed E-state index contributed by atoms with van der Waals surface area (Å²) in [6.07, 6.45) is 1.73. The number of Topliss-reactive ketones (excluding diaryl/α,β-unsaturated/α-hetero) is 2. The molecule has 0 bridgehead atoms. The molecule has 0 fully saturated rings. The Morgan fingerprint density at radius 1 is 1.16 bits per heavy atom. The van der Waals surface area contributed by atoms with Crippen molar-refractivity contribution in [1.82, 2.24) is 10.2 Å². The summed E-state index contributed by atoms with van der Waals surface area (Å²) in [4.78, 5) is 42.0. The third kappa shape index (κ3) is 9.89. The largest absolute Gasteiger partial charge is 0.497 e. The number of nitrogens with zero attached hydrogens (tertiary/aromatic N) is 1. The van der Waals surface area contributed by atoms with Crippen molar-refractivity contribution in [3.05, 3.63) is 42.5 Å². The SMILES string of the molecule is C=C[C@@H](I)C(=O)[C@@H](NC(C)(I)C(=O)[C@H](OC(=O)[C@H](Cc1ccc(OC)cc1)N(C)C)[C@@H](C)CC)C(C)C. The number of carbonyl (C=O) groups is 3. The zero-order chi connectivity index (χ0) is 28.5. The van der Waals surface area contributed by atoms with Gasteiger partial charge in [-0.1, -0.05) is 91.1 Å². The lowest BCUT2D eigenvalue weighted by atomic mass is 9.92. The van der Waals surface area contributed by atoms with Gasteiger partial charge < -0.3 is 9.47 Å². The fraction of sp³-hybridized carbons (Fsp3) is 0.607. The van der Waals surface area contributed by atoms with Crippen molar-refractivity contribution in [2.45, 2.75) is 73.1 Å². The summed E-state index contributed by atoms with van der Waals surface area (Å²) in [7, 11) is 5.24. The summed E-state index contributed by atoms with van der Waals surface area (Å²) in [5.74, 6) is -0.259. The monoisotopic (exact) mass is 740 g/mol. The van der Waals surface area contributed by atoms with E-state index >= 15 is 0 Å². The lowest BCUT2D eigenvalue weighted by Crippen LogP contribution is -2.59. The second kappa shape index (κ2) is 15.5. The Bertz CT molecular complexity index is 918. The minimum Gasteiger partial charge on any atom is -0.497 e. The van der Waals surface area contributed by atoms with Crippen molar-refractivity contribution < 1.29 is 23.9 Å². The van der Waals surface area contributed by atoms with Gasteiger partial charge in [-0.05, 0) is 57.5 Å². The number of rotatable bonds is 16. The van der Waals surface area contributed by atoms with Crippen LogP contribution in [-0.4, -0.2) is 69.3 Å². The van der Waals surface area contributed by atoms with Crippen molar-refractivity contribution in [2.24, 2.45) is 11.8 Å². The first-order valence-electron chi connectivity index (χ1n) is 12.5. The molecular formula is C28H42I2N2O5. The van der Waals surface area contributed by atoms with Gasteiger partial charge in [-0.3, -0.25) is 24.6 Å². The Kier molecular flexibility index (Phi) is 14.3. The maximum atomic E-state index is 13.8. The van der Waals surface area contributed by atoms with E-state index in [0.717, 1.165) is 11.3 Å². The maximum absolute atomic E-state index is 13.8. The van der Waals surface area contributed by atoms with Gasteiger partial charge >= 0.3 is 5.97 Å². The first-order valence-corrected chi connectivity index (χ1v) is 14.8. The van der Waals surface area contributed by atoms with Gasteiger partial charge in [-0.15, -0.1) is 6.58 Å². The van der Waals surface area contributed by atoms with Crippen molar-refractivity contribution in [2.75, 3.05) is 21.2 Å². The molecule has 208 valence electrons. The summed E-state index contributed by atoms with van der Waals surface area (Å²) >= 11 is 4.08. The van der Waals surface area contributed by atoms with Crippen molar-refractivity contribution in [3.8, 4) is 5.75 Å². The molecule has 0 aromatic heterocycles. The number of nitrogens with one attached hydrogen (secondary N) is 1. The van der Waals surface area contributed by atoms with Crippen LogP contribution in [0.1, 0.15) is 46.6 Å². The van der Waals surface area contributed by atoms with Crippen LogP contribution in [-0.2, 0) is 25.5 Å². The number of allylic oxidation sites excluding steroid dienone is 1. The molecular weight excluding hydrogens is 698 g/mol. The fourth-order valence-electron chi connectivity index (χ4n) is 3.79. The van der Waals surface area contributed by atoms with E-state index in [9.17, 15) is 14.4 Å². The molecule has 0 aliphatic heterocycles. The van der Waals surface area contributed by atoms with Crippen LogP contribution in [0.5, 0.6) is 5.75 Å². The fourth-order valence-corrected chi connectivity index (χ4v) is 4.82.